The van der Waals surface area contributed by atoms with Gasteiger partial charge in [-0.15, -0.1) is 0 Å². The molecule has 0 saturated heterocycles. The second-order valence-corrected chi connectivity index (χ2v) is 5.28. The molecule has 0 N–H and O–H groups in total. The number of alkyl halides is 3. The van der Waals surface area contributed by atoms with Crippen LogP contribution in [0.1, 0.15) is 15.9 Å². The Kier molecular flexibility index (Phi) is 4.51. The first-order chi connectivity index (χ1) is 10.3. The summed E-state index contributed by atoms with van der Waals surface area (Å²) >= 11 is 0.873. The van der Waals surface area contributed by atoms with Gasteiger partial charge in [-0.1, -0.05) is 30.0 Å². The first-order valence-electron chi connectivity index (χ1n) is 5.90. The van der Waals surface area contributed by atoms with Crippen LogP contribution < -0.4 is 0 Å². The number of nitro groups is 1. The van der Waals surface area contributed by atoms with Gasteiger partial charge in [0.2, 0.25) is 0 Å². The van der Waals surface area contributed by atoms with Crippen molar-refractivity contribution in [3.05, 3.63) is 63.7 Å². The van der Waals surface area contributed by atoms with Crippen molar-refractivity contribution in [2.45, 2.75) is 16.0 Å². The molecule has 0 saturated carbocycles. The molecule has 114 valence electrons. The van der Waals surface area contributed by atoms with Gasteiger partial charge in [-0.25, -0.2) is 0 Å². The molecule has 0 spiro atoms. The Balaban J connectivity index is 2.47. The van der Waals surface area contributed by atoms with Crippen LogP contribution >= 0.6 is 11.8 Å². The zero-order valence-corrected chi connectivity index (χ0v) is 11.6. The summed E-state index contributed by atoms with van der Waals surface area (Å²) < 4.78 is 37.9. The smallest absolute Gasteiger partial charge is 0.298 e. The van der Waals surface area contributed by atoms with Crippen molar-refractivity contribution in [2.75, 3.05) is 0 Å². The zero-order valence-electron chi connectivity index (χ0n) is 10.8. The van der Waals surface area contributed by atoms with E-state index < -0.39 is 22.4 Å². The molecule has 0 amide bonds. The van der Waals surface area contributed by atoms with Gasteiger partial charge in [-0.05, 0) is 18.2 Å². The number of hydrogen-bond acceptors (Lipinski definition) is 4. The second kappa shape index (κ2) is 6.18. The van der Waals surface area contributed by atoms with E-state index in [-0.39, 0.29) is 4.90 Å². The molecule has 0 bridgehead atoms. The Morgan fingerprint density at radius 1 is 1.09 bits per heavy atom. The molecule has 8 heteroatoms. The van der Waals surface area contributed by atoms with Gasteiger partial charge in [0.15, 0.2) is 6.29 Å². The van der Waals surface area contributed by atoms with E-state index in [0.717, 1.165) is 23.9 Å². The maximum atomic E-state index is 12.6. The highest BCUT2D eigenvalue weighted by Gasteiger charge is 2.33. The molecule has 2 aromatic carbocycles. The van der Waals surface area contributed by atoms with Crippen molar-refractivity contribution in [3.63, 3.8) is 0 Å². The molecule has 4 nitrogen and oxygen atoms in total. The van der Waals surface area contributed by atoms with Crippen molar-refractivity contribution in [1.82, 2.24) is 0 Å². The van der Waals surface area contributed by atoms with Crippen LogP contribution in [-0.4, -0.2) is 11.2 Å². The van der Waals surface area contributed by atoms with E-state index in [1.54, 1.807) is 18.2 Å². The van der Waals surface area contributed by atoms with Crippen molar-refractivity contribution < 1.29 is 22.9 Å². The first kappa shape index (κ1) is 16.0. The molecule has 0 radical (unpaired) electrons. The van der Waals surface area contributed by atoms with E-state index >= 15 is 0 Å². The van der Waals surface area contributed by atoms with Crippen LogP contribution in [0.4, 0.5) is 18.9 Å². The summed E-state index contributed by atoms with van der Waals surface area (Å²) in [7, 11) is 0. The van der Waals surface area contributed by atoms with Gasteiger partial charge in [0.25, 0.3) is 5.69 Å². The summed E-state index contributed by atoms with van der Waals surface area (Å²) in [6.07, 6.45) is -4.08. The number of carbonyl (C=O) groups excluding carboxylic acids is 1. The maximum absolute atomic E-state index is 12.6. The lowest BCUT2D eigenvalue weighted by Gasteiger charge is -2.09. The third-order valence-corrected chi connectivity index (χ3v) is 3.91. The highest BCUT2D eigenvalue weighted by molar-refractivity contribution is 7.99. The minimum absolute atomic E-state index is 0.0345. The lowest BCUT2D eigenvalue weighted by Crippen LogP contribution is -2.05. The number of benzene rings is 2. The predicted molar refractivity (Wildman–Crippen MR) is 74.1 cm³/mol. The number of nitro benzene ring substituents is 1. The SMILES string of the molecule is O=Cc1ccccc1Sc1ccc(C(F)(F)F)cc1[N+](=O)[O-]. The second-order valence-electron chi connectivity index (χ2n) is 4.20. The lowest BCUT2D eigenvalue weighted by atomic mass is 10.2. The van der Waals surface area contributed by atoms with Crippen LogP contribution in [0.25, 0.3) is 0 Å². The molecular weight excluding hydrogens is 319 g/mol. The van der Waals surface area contributed by atoms with Crippen molar-refractivity contribution in [1.29, 1.82) is 0 Å². The van der Waals surface area contributed by atoms with E-state index in [4.69, 9.17) is 0 Å². The van der Waals surface area contributed by atoms with Crippen LogP contribution in [-0.2, 0) is 6.18 Å². The summed E-state index contributed by atoms with van der Waals surface area (Å²) in [5.41, 5.74) is -1.44. The van der Waals surface area contributed by atoms with Gasteiger partial charge < -0.3 is 0 Å². The summed E-state index contributed by atoms with van der Waals surface area (Å²) in [4.78, 5) is 21.5. The fraction of sp³-hybridized carbons (Fsp3) is 0.0714. The Morgan fingerprint density at radius 3 is 2.36 bits per heavy atom. The molecule has 0 aliphatic carbocycles. The molecule has 0 aliphatic heterocycles. The normalized spacial score (nSPS) is 11.2. The van der Waals surface area contributed by atoms with Gasteiger partial charge in [0, 0.05) is 16.5 Å². The molecule has 0 fully saturated rings. The quantitative estimate of drug-likeness (QED) is 0.468. The molecule has 0 aliphatic rings. The van der Waals surface area contributed by atoms with E-state index in [1.165, 1.54) is 6.07 Å². The Labute approximate surface area is 127 Å². The summed E-state index contributed by atoms with van der Waals surface area (Å²) in [6.45, 7) is 0. The van der Waals surface area contributed by atoms with E-state index in [2.05, 4.69) is 0 Å². The molecule has 0 unspecified atom stereocenters. The molecule has 22 heavy (non-hydrogen) atoms. The van der Waals surface area contributed by atoms with Crippen LogP contribution in [0.15, 0.2) is 52.3 Å². The highest BCUT2D eigenvalue weighted by atomic mass is 32.2. The third kappa shape index (κ3) is 3.45. The summed E-state index contributed by atoms with van der Waals surface area (Å²) in [5, 5.41) is 11.0. The number of nitrogens with zero attached hydrogens (tertiary/aromatic N) is 1. The molecule has 2 rings (SSSR count). The average molecular weight is 327 g/mol. The number of aldehydes is 1. The van der Waals surface area contributed by atoms with Gasteiger partial charge in [0.1, 0.15) is 0 Å². The van der Waals surface area contributed by atoms with Gasteiger partial charge in [-0.3, -0.25) is 14.9 Å². The topological polar surface area (TPSA) is 60.2 Å². The third-order valence-electron chi connectivity index (χ3n) is 2.75. The number of carbonyl (C=O) groups is 1. The average Bonchev–Trinajstić information content (AvgIpc) is 2.46. The summed E-state index contributed by atoms with van der Waals surface area (Å²) in [6, 6.07) is 8.64. The highest BCUT2D eigenvalue weighted by Crippen LogP contribution is 2.39. The zero-order chi connectivity index (χ0) is 16.3. The van der Waals surface area contributed by atoms with Crippen LogP contribution in [0.5, 0.6) is 0 Å². The largest absolute Gasteiger partial charge is 0.416 e. The van der Waals surface area contributed by atoms with Crippen molar-refractivity contribution in [2.24, 2.45) is 0 Å². The summed E-state index contributed by atoms with van der Waals surface area (Å²) in [5.74, 6) is 0. The monoisotopic (exact) mass is 327 g/mol. The molecule has 0 heterocycles. The minimum atomic E-state index is -4.66. The van der Waals surface area contributed by atoms with E-state index in [9.17, 15) is 28.1 Å². The molecular formula is C14H8F3NO3S. The fourth-order valence-electron chi connectivity index (χ4n) is 1.71. The predicted octanol–water partition coefficient (Wildman–Crippen LogP) is 4.58. The molecule has 2 aromatic rings. The Hall–Kier alpha value is -2.35. The van der Waals surface area contributed by atoms with Gasteiger partial charge >= 0.3 is 6.18 Å². The number of halogens is 3. The van der Waals surface area contributed by atoms with Crippen molar-refractivity contribution in [3.8, 4) is 0 Å². The van der Waals surface area contributed by atoms with Crippen molar-refractivity contribution >= 4 is 23.7 Å². The van der Waals surface area contributed by atoms with E-state index in [1.807, 2.05) is 0 Å². The van der Waals surface area contributed by atoms with Gasteiger partial charge in [0.05, 0.1) is 15.4 Å². The standard InChI is InChI=1S/C14H8F3NO3S/c15-14(16,17)10-5-6-13(11(7-10)18(20)21)22-12-4-2-1-3-9(12)8-19/h1-8H. The Morgan fingerprint density at radius 2 is 1.77 bits per heavy atom. The number of rotatable bonds is 4. The lowest BCUT2D eigenvalue weighted by molar-refractivity contribution is -0.388. The van der Waals surface area contributed by atoms with Crippen LogP contribution in [0.2, 0.25) is 0 Å². The maximum Gasteiger partial charge on any atom is 0.416 e. The van der Waals surface area contributed by atoms with Crippen LogP contribution in [0.3, 0.4) is 0 Å². The van der Waals surface area contributed by atoms with Crippen LogP contribution in [0, 0.1) is 10.1 Å². The van der Waals surface area contributed by atoms with E-state index in [0.29, 0.717) is 22.8 Å². The van der Waals surface area contributed by atoms with Gasteiger partial charge in [-0.2, -0.15) is 13.2 Å². The minimum Gasteiger partial charge on any atom is -0.298 e. The molecule has 0 aromatic heterocycles. The Bertz CT molecular complexity index is 732. The number of hydrogen-bond donors (Lipinski definition) is 0. The fourth-order valence-corrected chi connectivity index (χ4v) is 2.70. The molecule has 0 atom stereocenters. The first-order valence-corrected chi connectivity index (χ1v) is 6.72.